The van der Waals surface area contributed by atoms with Gasteiger partial charge in [0.2, 0.25) is 0 Å². The molecule has 4 rings (SSSR count). The van der Waals surface area contributed by atoms with Gasteiger partial charge in [0.15, 0.2) is 0 Å². The van der Waals surface area contributed by atoms with Crippen molar-refractivity contribution < 1.29 is 9.90 Å². The molecule has 2 saturated heterocycles. The first-order valence-electron chi connectivity index (χ1n) is 8.69. The van der Waals surface area contributed by atoms with E-state index in [9.17, 15) is 9.90 Å². The molecule has 1 aromatic heterocycles. The van der Waals surface area contributed by atoms with Crippen molar-refractivity contribution in [2.45, 2.75) is 25.0 Å². The van der Waals surface area contributed by atoms with Crippen LogP contribution in [0, 0.1) is 0 Å². The van der Waals surface area contributed by atoms with Crippen molar-refractivity contribution in [1.82, 2.24) is 14.8 Å². The number of benzene rings is 1. The van der Waals surface area contributed by atoms with E-state index >= 15 is 0 Å². The van der Waals surface area contributed by atoms with Crippen molar-refractivity contribution in [3.63, 3.8) is 0 Å². The second-order valence-corrected chi connectivity index (χ2v) is 7.53. The number of hydrogen-bond acceptors (Lipinski definition) is 5. The van der Waals surface area contributed by atoms with Gasteiger partial charge in [0.25, 0.3) is 0 Å². The molecule has 6 nitrogen and oxygen atoms in total. The van der Waals surface area contributed by atoms with Crippen LogP contribution in [0.25, 0.3) is 10.6 Å². The van der Waals surface area contributed by atoms with Crippen LogP contribution in [0.4, 0.5) is 10.5 Å². The Balaban J connectivity index is 1.41. The number of aliphatic hydroxyl groups is 1. The number of amides is 2. The maximum atomic E-state index is 12.6. The lowest BCUT2D eigenvalue weighted by molar-refractivity contribution is 0.0980. The van der Waals surface area contributed by atoms with Crippen molar-refractivity contribution in [2.75, 3.05) is 31.5 Å². The van der Waals surface area contributed by atoms with E-state index in [1.165, 1.54) is 12.8 Å². The van der Waals surface area contributed by atoms with E-state index in [0.717, 1.165) is 29.3 Å². The number of hydrogen-bond donors (Lipinski definition) is 2. The largest absolute Gasteiger partial charge is 0.390 e. The summed E-state index contributed by atoms with van der Waals surface area (Å²) < 4.78 is 0. The Morgan fingerprint density at radius 3 is 2.88 bits per heavy atom. The third kappa shape index (κ3) is 3.53. The monoisotopic (exact) mass is 358 g/mol. The first-order chi connectivity index (χ1) is 12.2. The zero-order valence-corrected chi connectivity index (χ0v) is 14.8. The lowest BCUT2D eigenvalue weighted by Gasteiger charge is -2.25. The Bertz CT molecular complexity index is 730. The Morgan fingerprint density at radius 1 is 1.28 bits per heavy atom. The molecule has 0 spiro atoms. The van der Waals surface area contributed by atoms with Crippen molar-refractivity contribution >= 4 is 23.1 Å². The molecule has 3 heterocycles. The van der Waals surface area contributed by atoms with Crippen LogP contribution in [0.5, 0.6) is 0 Å². The number of carbonyl (C=O) groups excluding carboxylic acids is 1. The SMILES string of the molecule is O=C(Nc1cccc(-c2nccs2)c1)N1CC(O)C(N2CCCC2)C1. The number of nitrogens with one attached hydrogen (secondary N) is 1. The quantitative estimate of drug-likeness (QED) is 0.884. The summed E-state index contributed by atoms with van der Waals surface area (Å²) in [7, 11) is 0. The van der Waals surface area contributed by atoms with Gasteiger partial charge in [0.1, 0.15) is 5.01 Å². The molecule has 0 aliphatic carbocycles. The third-order valence-electron chi connectivity index (χ3n) is 4.95. The highest BCUT2D eigenvalue weighted by Gasteiger charge is 2.38. The normalized spacial score (nSPS) is 24.0. The highest BCUT2D eigenvalue weighted by molar-refractivity contribution is 7.13. The van der Waals surface area contributed by atoms with Gasteiger partial charge in [0.05, 0.1) is 18.7 Å². The van der Waals surface area contributed by atoms with Crippen LogP contribution in [0.2, 0.25) is 0 Å². The topological polar surface area (TPSA) is 68.7 Å². The number of thiazole rings is 1. The highest BCUT2D eigenvalue weighted by Crippen LogP contribution is 2.25. The lowest BCUT2D eigenvalue weighted by atomic mass is 10.2. The van der Waals surface area contributed by atoms with Crippen LogP contribution in [0.15, 0.2) is 35.8 Å². The molecule has 132 valence electrons. The van der Waals surface area contributed by atoms with Gasteiger partial charge in [-0.15, -0.1) is 11.3 Å². The first-order valence-corrected chi connectivity index (χ1v) is 9.56. The van der Waals surface area contributed by atoms with E-state index in [0.29, 0.717) is 13.1 Å². The van der Waals surface area contributed by atoms with Crippen molar-refractivity contribution in [3.05, 3.63) is 35.8 Å². The average molecular weight is 358 g/mol. The van der Waals surface area contributed by atoms with E-state index in [2.05, 4.69) is 15.2 Å². The number of anilines is 1. The van der Waals surface area contributed by atoms with E-state index < -0.39 is 6.10 Å². The van der Waals surface area contributed by atoms with Crippen LogP contribution in [-0.2, 0) is 0 Å². The number of urea groups is 1. The minimum Gasteiger partial charge on any atom is -0.390 e. The molecule has 1 aromatic carbocycles. The highest BCUT2D eigenvalue weighted by atomic mass is 32.1. The summed E-state index contributed by atoms with van der Waals surface area (Å²) in [5, 5.41) is 16.2. The van der Waals surface area contributed by atoms with Gasteiger partial charge < -0.3 is 15.3 Å². The molecule has 2 aliphatic heterocycles. The maximum absolute atomic E-state index is 12.6. The molecule has 2 fully saturated rings. The average Bonchev–Trinajstić information content (AvgIpc) is 3.36. The molecule has 2 aromatic rings. The van der Waals surface area contributed by atoms with Crippen molar-refractivity contribution in [1.29, 1.82) is 0 Å². The van der Waals surface area contributed by atoms with Gasteiger partial charge in [-0.25, -0.2) is 9.78 Å². The Hall–Kier alpha value is -1.96. The predicted octanol–water partition coefficient (Wildman–Crippen LogP) is 2.48. The van der Waals surface area contributed by atoms with Gasteiger partial charge in [0, 0.05) is 29.4 Å². The molecule has 2 amide bonds. The van der Waals surface area contributed by atoms with Crippen LogP contribution in [-0.4, -0.2) is 64.2 Å². The van der Waals surface area contributed by atoms with E-state index in [1.807, 2.05) is 29.6 Å². The Labute approximate surface area is 151 Å². The molecule has 0 radical (unpaired) electrons. The molecule has 2 unspecified atom stereocenters. The molecular formula is C18H22N4O2S. The zero-order valence-electron chi connectivity index (χ0n) is 14.0. The predicted molar refractivity (Wildman–Crippen MR) is 98.7 cm³/mol. The summed E-state index contributed by atoms with van der Waals surface area (Å²) in [6, 6.07) is 7.61. The number of β-amino-alcohol motifs (C(OH)–C–C–N with tert-alkyl or cyclic N) is 1. The Kier molecular flexibility index (Phi) is 4.70. The van der Waals surface area contributed by atoms with E-state index in [4.69, 9.17) is 0 Å². The third-order valence-corrected chi connectivity index (χ3v) is 5.77. The number of aromatic nitrogens is 1. The van der Waals surface area contributed by atoms with Gasteiger partial charge in [-0.05, 0) is 38.1 Å². The van der Waals surface area contributed by atoms with Crippen LogP contribution >= 0.6 is 11.3 Å². The molecule has 2 atom stereocenters. The summed E-state index contributed by atoms with van der Waals surface area (Å²) in [4.78, 5) is 20.9. The van der Waals surface area contributed by atoms with Gasteiger partial charge in [-0.1, -0.05) is 12.1 Å². The lowest BCUT2D eigenvalue weighted by Crippen LogP contribution is -2.41. The summed E-state index contributed by atoms with van der Waals surface area (Å²) in [6.07, 6.45) is 3.67. The smallest absolute Gasteiger partial charge is 0.321 e. The van der Waals surface area contributed by atoms with Gasteiger partial charge >= 0.3 is 6.03 Å². The summed E-state index contributed by atoms with van der Waals surface area (Å²) in [6.45, 7) is 3.01. The van der Waals surface area contributed by atoms with Crippen LogP contribution in [0.3, 0.4) is 0 Å². The number of likely N-dealkylation sites (tertiary alicyclic amines) is 2. The number of nitrogens with zero attached hydrogens (tertiary/aromatic N) is 3. The minimum atomic E-state index is -0.467. The summed E-state index contributed by atoms with van der Waals surface area (Å²) >= 11 is 1.57. The maximum Gasteiger partial charge on any atom is 0.321 e. The van der Waals surface area contributed by atoms with Crippen molar-refractivity contribution in [2.24, 2.45) is 0 Å². The molecule has 2 aliphatic rings. The number of rotatable bonds is 3. The molecule has 0 bridgehead atoms. The van der Waals surface area contributed by atoms with E-state index in [1.54, 1.807) is 22.4 Å². The fraction of sp³-hybridized carbons (Fsp3) is 0.444. The molecule has 0 saturated carbocycles. The second-order valence-electron chi connectivity index (χ2n) is 6.63. The second kappa shape index (κ2) is 7.11. The molecule has 2 N–H and O–H groups in total. The molecule has 25 heavy (non-hydrogen) atoms. The number of carbonyl (C=O) groups is 1. The van der Waals surface area contributed by atoms with Gasteiger partial charge in [-0.3, -0.25) is 4.90 Å². The number of aliphatic hydroxyl groups excluding tert-OH is 1. The summed E-state index contributed by atoms with van der Waals surface area (Å²) in [5.74, 6) is 0. The van der Waals surface area contributed by atoms with Crippen LogP contribution in [0.1, 0.15) is 12.8 Å². The minimum absolute atomic E-state index is 0.0647. The fourth-order valence-electron chi connectivity index (χ4n) is 3.67. The van der Waals surface area contributed by atoms with Crippen molar-refractivity contribution in [3.8, 4) is 10.6 Å². The summed E-state index contributed by atoms with van der Waals surface area (Å²) in [5.41, 5.74) is 1.74. The Morgan fingerprint density at radius 2 is 2.12 bits per heavy atom. The zero-order chi connectivity index (χ0) is 17.2. The fourth-order valence-corrected chi connectivity index (χ4v) is 4.30. The molecular weight excluding hydrogens is 336 g/mol. The van der Waals surface area contributed by atoms with Gasteiger partial charge in [-0.2, -0.15) is 0 Å². The van der Waals surface area contributed by atoms with E-state index in [-0.39, 0.29) is 12.1 Å². The standard InChI is InChI=1S/C18H22N4O2S/c23-16-12-22(11-15(16)21-7-1-2-8-21)18(24)20-14-5-3-4-13(10-14)17-19-6-9-25-17/h3-6,9-10,15-16,23H,1-2,7-8,11-12H2,(H,20,24). The molecule has 7 heteroatoms. The van der Waals surface area contributed by atoms with Crippen LogP contribution < -0.4 is 5.32 Å². The first kappa shape index (κ1) is 16.5.